The van der Waals surface area contributed by atoms with Crippen LogP contribution in [0.15, 0.2) is 66.9 Å². The number of benzene rings is 2. The van der Waals surface area contributed by atoms with Crippen LogP contribution in [0.5, 0.6) is 0 Å². The van der Waals surface area contributed by atoms with Crippen molar-refractivity contribution in [3.8, 4) is 0 Å². The van der Waals surface area contributed by atoms with Crippen molar-refractivity contribution in [1.82, 2.24) is 15.7 Å². The summed E-state index contributed by atoms with van der Waals surface area (Å²) in [4.78, 5) is 15.2. The molecule has 2 aromatic carbocycles. The van der Waals surface area contributed by atoms with E-state index in [-0.39, 0.29) is 11.6 Å². The smallest absolute Gasteiger partial charge is 0.337 e. The molecule has 3 aromatic rings. The Morgan fingerprint density at radius 3 is 2.19 bits per heavy atom. The predicted octanol–water partition coefficient (Wildman–Crippen LogP) is 5.00. The van der Waals surface area contributed by atoms with Gasteiger partial charge < -0.3 is 10.4 Å². The SMILES string of the molecule is CC.Cc1ccc(C(NC(=S)NNc2ncc(C(=O)O)cc2C)c2ccccc2)cc1. The Hall–Kier alpha value is -3.45. The van der Waals surface area contributed by atoms with Crippen LogP contribution in [0, 0.1) is 13.8 Å². The van der Waals surface area contributed by atoms with Crippen LogP contribution in [0.3, 0.4) is 0 Å². The van der Waals surface area contributed by atoms with E-state index in [1.54, 1.807) is 13.0 Å². The summed E-state index contributed by atoms with van der Waals surface area (Å²) in [5, 5.41) is 12.8. The van der Waals surface area contributed by atoms with E-state index in [1.807, 2.05) is 44.2 Å². The Morgan fingerprint density at radius 2 is 1.61 bits per heavy atom. The minimum Gasteiger partial charge on any atom is -0.478 e. The van der Waals surface area contributed by atoms with E-state index in [0.29, 0.717) is 16.5 Å². The van der Waals surface area contributed by atoms with Crippen molar-refractivity contribution in [2.75, 3.05) is 5.43 Å². The second-order valence-electron chi connectivity index (χ2n) is 6.67. The van der Waals surface area contributed by atoms with Gasteiger partial charge in [0.15, 0.2) is 5.11 Å². The number of aromatic nitrogens is 1. The first kappa shape index (κ1) is 23.8. The lowest BCUT2D eigenvalue weighted by Crippen LogP contribution is -2.41. The highest BCUT2D eigenvalue weighted by atomic mass is 32.1. The fourth-order valence-corrected chi connectivity index (χ4v) is 3.04. The minimum atomic E-state index is -1.01. The van der Waals surface area contributed by atoms with E-state index in [2.05, 4.69) is 52.3 Å². The highest BCUT2D eigenvalue weighted by Gasteiger charge is 2.15. The van der Waals surface area contributed by atoms with E-state index >= 15 is 0 Å². The fourth-order valence-electron chi connectivity index (χ4n) is 2.87. The van der Waals surface area contributed by atoms with Crippen molar-refractivity contribution >= 4 is 29.1 Å². The molecule has 0 aliphatic rings. The van der Waals surface area contributed by atoms with E-state index < -0.39 is 5.97 Å². The molecule has 3 rings (SSSR count). The first-order chi connectivity index (χ1) is 14.9. The van der Waals surface area contributed by atoms with Crippen LogP contribution in [-0.2, 0) is 0 Å². The molecule has 1 aromatic heterocycles. The number of rotatable bonds is 6. The molecular formula is C24H28N4O2S. The number of nitrogens with one attached hydrogen (secondary N) is 3. The molecule has 0 radical (unpaired) electrons. The Kier molecular flexibility index (Phi) is 8.96. The monoisotopic (exact) mass is 436 g/mol. The third kappa shape index (κ3) is 6.79. The number of nitrogens with zero attached hydrogens (tertiary/aromatic N) is 1. The minimum absolute atomic E-state index is 0.123. The Bertz CT molecular complexity index is 1010. The first-order valence-electron chi connectivity index (χ1n) is 10.1. The van der Waals surface area contributed by atoms with Crippen molar-refractivity contribution in [3.63, 3.8) is 0 Å². The molecule has 162 valence electrons. The lowest BCUT2D eigenvalue weighted by Gasteiger charge is -2.22. The van der Waals surface area contributed by atoms with Crippen LogP contribution in [0.4, 0.5) is 5.82 Å². The van der Waals surface area contributed by atoms with Crippen LogP contribution >= 0.6 is 12.2 Å². The quantitative estimate of drug-likeness (QED) is 0.319. The zero-order valence-corrected chi connectivity index (χ0v) is 19.0. The normalized spacial score (nSPS) is 10.8. The number of hydrazine groups is 1. The molecule has 1 heterocycles. The van der Waals surface area contributed by atoms with E-state index in [4.69, 9.17) is 17.3 Å². The summed E-state index contributed by atoms with van der Waals surface area (Å²) in [6, 6.07) is 19.8. The summed E-state index contributed by atoms with van der Waals surface area (Å²) < 4.78 is 0. The van der Waals surface area contributed by atoms with Gasteiger partial charge in [-0.05, 0) is 48.8 Å². The summed E-state index contributed by atoms with van der Waals surface area (Å²) in [5.74, 6) is -0.508. The van der Waals surface area contributed by atoms with Crippen molar-refractivity contribution in [2.24, 2.45) is 0 Å². The molecule has 0 fully saturated rings. The second kappa shape index (κ2) is 11.7. The number of pyridine rings is 1. The van der Waals surface area contributed by atoms with Crippen molar-refractivity contribution in [2.45, 2.75) is 33.7 Å². The molecular weight excluding hydrogens is 408 g/mol. The molecule has 4 N–H and O–H groups in total. The number of aryl methyl sites for hydroxylation is 2. The fraction of sp³-hybridized carbons (Fsp3) is 0.208. The first-order valence-corrected chi connectivity index (χ1v) is 10.5. The topological polar surface area (TPSA) is 86.3 Å². The maximum absolute atomic E-state index is 11.0. The number of hydrogen-bond acceptors (Lipinski definition) is 4. The molecule has 31 heavy (non-hydrogen) atoms. The summed E-state index contributed by atoms with van der Waals surface area (Å²) >= 11 is 5.46. The van der Waals surface area contributed by atoms with Gasteiger partial charge in [0.05, 0.1) is 11.6 Å². The molecule has 0 saturated carbocycles. The maximum Gasteiger partial charge on any atom is 0.337 e. The standard InChI is InChI=1S/C22H22N4O2S.C2H6/c1-14-8-10-17(11-9-14)19(16-6-4-3-5-7-16)24-22(29)26-25-20-15(2)12-18(13-23-20)21(27)28;1-2/h3-13,19H,1-2H3,(H,23,25)(H,27,28)(H2,24,26,29);1-2H3. The van der Waals surface area contributed by atoms with Gasteiger partial charge in [-0.2, -0.15) is 0 Å². The molecule has 0 saturated heterocycles. The largest absolute Gasteiger partial charge is 0.478 e. The number of aromatic carboxylic acids is 1. The molecule has 0 bridgehead atoms. The number of carbonyl (C=O) groups is 1. The van der Waals surface area contributed by atoms with Gasteiger partial charge in [0.25, 0.3) is 0 Å². The zero-order chi connectivity index (χ0) is 22.8. The van der Waals surface area contributed by atoms with Crippen LogP contribution in [-0.4, -0.2) is 21.2 Å². The second-order valence-corrected chi connectivity index (χ2v) is 7.08. The third-order valence-electron chi connectivity index (χ3n) is 4.44. The molecule has 1 atom stereocenters. The van der Waals surface area contributed by atoms with Crippen LogP contribution in [0.25, 0.3) is 0 Å². The summed E-state index contributed by atoms with van der Waals surface area (Å²) in [6.07, 6.45) is 1.30. The number of thiocarbonyl (C=S) groups is 1. The van der Waals surface area contributed by atoms with Crippen LogP contribution in [0.1, 0.15) is 52.5 Å². The van der Waals surface area contributed by atoms with Gasteiger partial charge in [-0.1, -0.05) is 74.0 Å². The van der Waals surface area contributed by atoms with Gasteiger partial charge >= 0.3 is 5.97 Å². The van der Waals surface area contributed by atoms with Crippen molar-refractivity contribution < 1.29 is 9.90 Å². The molecule has 6 nitrogen and oxygen atoms in total. The lowest BCUT2D eigenvalue weighted by atomic mass is 9.98. The average Bonchev–Trinajstić information content (AvgIpc) is 2.79. The van der Waals surface area contributed by atoms with E-state index in [0.717, 1.165) is 11.1 Å². The average molecular weight is 437 g/mol. The highest BCUT2D eigenvalue weighted by molar-refractivity contribution is 7.80. The maximum atomic E-state index is 11.0. The molecule has 7 heteroatoms. The zero-order valence-electron chi connectivity index (χ0n) is 18.1. The van der Waals surface area contributed by atoms with Crippen LogP contribution < -0.4 is 16.2 Å². The van der Waals surface area contributed by atoms with Gasteiger partial charge in [0, 0.05) is 6.20 Å². The van der Waals surface area contributed by atoms with E-state index in [9.17, 15) is 4.79 Å². The van der Waals surface area contributed by atoms with Gasteiger partial charge in [-0.15, -0.1) is 0 Å². The molecule has 0 aliphatic heterocycles. The van der Waals surface area contributed by atoms with Gasteiger partial charge in [0.1, 0.15) is 5.82 Å². The third-order valence-corrected chi connectivity index (χ3v) is 4.66. The highest BCUT2D eigenvalue weighted by Crippen LogP contribution is 2.22. The molecule has 0 amide bonds. The number of carboxylic acids is 1. The number of hydrogen-bond donors (Lipinski definition) is 4. The Labute approximate surface area is 188 Å². The van der Waals surface area contributed by atoms with E-state index in [1.165, 1.54) is 11.8 Å². The number of anilines is 1. The van der Waals surface area contributed by atoms with Gasteiger partial charge in [-0.3, -0.25) is 10.9 Å². The van der Waals surface area contributed by atoms with Crippen LogP contribution in [0.2, 0.25) is 0 Å². The van der Waals surface area contributed by atoms with Crippen molar-refractivity contribution in [1.29, 1.82) is 0 Å². The summed E-state index contributed by atoms with van der Waals surface area (Å²) in [5.41, 5.74) is 10.1. The number of carboxylic acid groups (broad SMARTS) is 1. The molecule has 1 unspecified atom stereocenters. The summed E-state index contributed by atoms with van der Waals surface area (Å²) in [6.45, 7) is 7.83. The lowest BCUT2D eigenvalue weighted by molar-refractivity contribution is 0.0696. The van der Waals surface area contributed by atoms with Gasteiger partial charge in [0.2, 0.25) is 0 Å². The Morgan fingerprint density at radius 1 is 1.00 bits per heavy atom. The molecule has 0 spiro atoms. The van der Waals surface area contributed by atoms with Crippen molar-refractivity contribution in [3.05, 3.63) is 94.7 Å². The summed E-state index contributed by atoms with van der Waals surface area (Å²) in [7, 11) is 0. The van der Waals surface area contributed by atoms with Gasteiger partial charge in [-0.25, -0.2) is 9.78 Å². The molecule has 0 aliphatic carbocycles. The Balaban J connectivity index is 0.00000166. The predicted molar refractivity (Wildman–Crippen MR) is 129 cm³/mol.